The molecule has 0 fully saturated rings. The summed E-state index contributed by atoms with van der Waals surface area (Å²) in [6, 6.07) is 0. The highest BCUT2D eigenvalue weighted by Gasteiger charge is 2.21. The van der Waals surface area contributed by atoms with Gasteiger partial charge in [-0.3, -0.25) is 9.05 Å². The van der Waals surface area contributed by atoms with Crippen LogP contribution in [0.4, 0.5) is 0 Å². The second-order valence-electron chi connectivity index (χ2n) is 9.09. The fourth-order valence-corrected chi connectivity index (χ4v) is 3.74. The SMILES string of the molecule is CCCCCCCCC=CCCCCCCCCOP(=O)(O)OCC[N+](C)(C)C. The monoisotopic (exact) mass is 434 g/mol. The van der Waals surface area contributed by atoms with Gasteiger partial charge in [-0.2, -0.15) is 0 Å². The second kappa shape index (κ2) is 18.6. The van der Waals surface area contributed by atoms with Crippen molar-refractivity contribution in [2.45, 2.75) is 96.8 Å². The Morgan fingerprint density at radius 1 is 0.724 bits per heavy atom. The lowest BCUT2D eigenvalue weighted by atomic mass is 10.1. The third-order valence-electron chi connectivity index (χ3n) is 4.93. The van der Waals surface area contributed by atoms with Crippen LogP contribution in [0.2, 0.25) is 0 Å². The second-order valence-corrected chi connectivity index (χ2v) is 10.5. The molecule has 0 radical (unpaired) electrons. The van der Waals surface area contributed by atoms with Gasteiger partial charge in [-0.05, 0) is 32.1 Å². The number of quaternary nitrogens is 1. The van der Waals surface area contributed by atoms with E-state index in [0.717, 1.165) is 19.3 Å². The number of hydrogen-bond donors (Lipinski definition) is 1. The Balaban J connectivity index is 3.36. The van der Waals surface area contributed by atoms with E-state index in [1.807, 2.05) is 21.1 Å². The summed E-state index contributed by atoms with van der Waals surface area (Å²) in [6.07, 6.45) is 22.1. The van der Waals surface area contributed by atoms with Crippen LogP contribution in [0.5, 0.6) is 0 Å². The number of phosphoric ester groups is 1. The Kier molecular flexibility index (Phi) is 18.4. The molecule has 0 aliphatic rings. The lowest BCUT2D eigenvalue weighted by Gasteiger charge is -2.24. The highest BCUT2D eigenvalue weighted by atomic mass is 31.2. The maximum absolute atomic E-state index is 11.8. The Bertz CT molecular complexity index is 435. The number of unbranched alkanes of at least 4 members (excludes halogenated alkanes) is 12. The van der Waals surface area contributed by atoms with Crippen molar-refractivity contribution in [3.05, 3.63) is 12.2 Å². The van der Waals surface area contributed by atoms with E-state index < -0.39 is 7.82 Å². The first-order valence-corrected chi connectivity index (χ1v) is 13.3. The molecule has 0 rings (SSSR count). The Hall–Kier alpha value is -0.190. The fraction of sp³-hybridized carbons (Fsp3) is 0.913. The zero-order chi connectivity index (χ0) is 21.8. The number of hydrogen-bond acceptors (Lipinski definition) is 3. The lowest BCUT2D eigenvalue weighted by Crippen LogP contribution is -2.37. The fourth-order valence-electron chi connectivity index (χ4n) is 3.00. The van der Waals surface area contributed by atoms with Gasteiger partial charge in [-0.25, -0.2) is 4.57 Å². The summed E-state index contributed by atoms with van der Waals surface area (Å²) < 4.78 is 22.5. The molecule has 0 aromatic heterocycles. The lowest BCUT2D eigenvalue weighted by molar-refractivity contribution is -0.870. The van der Waals surface area contributed by atoms with Crippen molar-refractivity contribution in [1.29, 1.82) is 0 Å². The van der Waals surface area contributed by atoms with Gasteiger partial charge in [0.15, 0.2) is 0 Å². The van der Waals surface area contributed by atoms with Crippen LogP contribution in [0.3, 0.4) is 0 Å². The van der Waals surface area contributed by atoms with Crippen molar-refractivity contribution in [1.82, 2.24) is 0 Å². The Morgan fingerprint density at radius 2 is 1.17 bits per heavy atom. The highest BCUT2D eigenvalue weighted by molar-refractivity contribution is 7.47. The zero-order valence-corrected chi connectivity index (χ0v) is 20.6. The van der Waals surface area contributed by atoms with Crippen LogP contribution in [0.15, 0.2) is 12.2 Å². The maximum atomic E-state index is 11.8. The molecule has 0 aliphatic heterocycles. The summed E-state index contributed by atoms with van der Waals surface area (Å²) >= 11 is 0. The quantitative estimate of drug-likeness (QED) is 0.0927. The number of allylic oxidation sites excluding steroid dienone is 2. The molecule has 6 heteroatoms. The summed E-state index contributed by atoms with van der Waals surface area (Å²) in [5.41, 5.74) is 0. The van der Waals surface area contributed by atoms with E-state index >= 15 is 0 Å². The molecule has 5 nitrogen and oxygen atoms in total. The average molecular weight is 435 g/mol. The van der Waals surface area contributed by atoms with Crippen LogP contribution in [0.1, 0.15) is 96.8 Å². The third kappa shape index (κ3) is 24.0. The summed E-state index contributed by atoms with van der Waals surface area (Å²) in [7, 11) is 2.15. The average Bonchev–Trinajstić information content (AvgIpc) is 2.63. The van der Waals surface area contributed by atoms with E-state index in [4.69, 9.17) is 9.05 Å². The minimum absolute atomic E-state index is 0.227. The van der Waals surface area contributed by atoms with Crippen LogP contribution in [0, 0.1) is 0 Å². The zero-order valence-electron chi connectivity index (χ0n) is 19.7. The van der Waals surface area contributed by atoms with Crippen molar-refractivity contribution in [3.8, 4) is 0 Å². The van der Waals surface area contributed by atoms with Gasteiger partial charge in [0.25, 0.3) is 0 Å². The molecular weight excluding hydrogens is 385 g/mol. The normalized spacial score (nSPS) is 14.5. The smallest absolute Gasteiger partial charge is 0.329 e. The molecule has 1 atom stereocenters. The summed E-state index contributed by atoms with van der Waals surface area (Å²) in [4.78, 5) is 9.63. The molecule has 0 aromatic rings. The molecule has 0 heterocycles. The van der Waals surface area contributed by atoms with Gasteiger partial charge < -0.3 is 9.38 Å². The van der Waals surface area contributed by atoms with Gasteiger partial charge in [-0.15, -0.1) is 0 Å². The van der Waals surface area contributed by atoms with Crippen molar-refractivity contribution >= 4 is 7.82 Å². The van der Waals surface area contributed by atoms with Gasteiger partial charge in [0.2, 0.25) is 0 Å². The topological polar surface area (TPSA) is 55.8 Å². The standard InChI is InChI=1S/C23H48NO4P/c1-5-6-7-8-9-10-11-12-13-14-15-16-17-18-19-20-22-27-29(25,26)28-23-21-24(2,3)4/h12-13H,5-11,14-23H2,1-4H3/p+1. The van der Waals surface area contributed by atoms with E-state index in [0.29, 0.717) is 17.6 Å². The minimum atomic E-state index is -3.89. The van der Waals surface area contributed by atoms with Gasteiger partial charge in [0.05, 0.1) is 27.7 Å². The minimum Gasteiger partial charge on any atom is -0.329 e. The van der Waals surface area contributed by atoms with Crippen LogP contribution < -0.4 is 0 Å². The van der Waals surface area contributed by atoms with E-state index in [1.165, 1.54) is 70.6 Å². The molecule has 0 aliphatic carbocycles. The first-order valence-electron chi connectivity index (χ1n) is 11.8. The van der Waals surface area contributed by atoms with Crippen LogP contribution in [0.25, 0.3) is 0 Å². The molecular formula is C23H49NO4P+. The van der Waals surface area contributed by atoms with Crippen molar-refractivity contribution in [2.24, 2.45) is 0 Å². The van der Waals surface area contributed by atoms with Gasteiger partial charge >= 0.3 is 7.82 Å². The maximum Gasteiger partial charge on any atom is 0.472 e. The largest absolute Gasteiger partial charge is 0.472 e. The molecule has 0 aromatic carbocycles. The van der Waals surface area contributed by atoms with Crippen LogP contribution in [-0.4, -0.2) is 50.3 Å². The van der Waals surface area contributed by atoms with Gasteiger partial charge in [0, 0.05) is 0 Å². The molecule has 0 bridgehead atoms. The molecule has 0 saturated heterocycles. The van der Waals surface area contributed by atoms with Crippen molar-refractivity contribution in [2.75, 3.05) is 40.9 Å². The predicted octanol–water partition coefficient (Wildman–Crippen LogP) is 6.86. The molecule has 1 N–H and O–H groups in total. The number of rotatable bonds is 21. The predicted molar refractivity (Wildman–Crippen MR) is 124 cm³/mol. The van der Waals surface area contributed by atoms with Crippen molar-refractivity contribution < 1.29 is 23.0 Å². The van der Waals surface area contributed by atoms with Crippen molar-refractivity contribution in [3.63, 3.8) is 0 Å². The molecule has 1 unspecified atom stereocenters. The van der Waals surface area contributed by atoms with E-state index in [-0.39, 0.29) is 6.61 Å². The number of phosphoric acid groups is 1. The van der Waals surface area contributed by atoms with E-state index in [1.54, 1.807) is 0 Å². The summed E-state index contributed by atoms with van der Waals surface area (Å²) in [5.74, 6) is 0. The molecule has 0 spiro atoms. The first-order chi connectivity index (χ1) is 13.8. The molecule has 0 amide bonds. The van der Waals surface area contributed by atoms with E-state index in [2.05, 4.69) is 19.1 Å². The van der Waals surface area contributed by atoms with Gasteiger partial charge in [0.1, 0.15) is 13.2 Å². The Morgan fingerprint density at radius 3 is 1.69 bits per heavy atom. The molecule has 174 valence electrons. The summed E-state index contributed by atoms with van der Waals surface area (Å²) in [6.45, 7) is 3.45. The van der Waals surface area contributed by atoms with Crippen LogP contribution >= 0.6 is 7.82 Å². The summed E-state index contributed by atoms with van der Waals surface area (Å²) in [5, 5.41) is 0. The van der Waals surface area contributed by atoms with E-state index in [9.17, 15) is 9.46 Å². The highest BCUT2D eigenvalue weighted by Crippen LogP contribution is 2.43. The Labute approximate surface area is 181 Å². The van der Waals surface area contributed by atoms with Gasteiger partial charge in [-0.1, -0.05) is 76.9 Å². The number of likely N-dealkylation sites (N-methyl/N-ethyl adjacent to an activating group) is 1. The number of nitrogens with zero attached hydrogens (tertiary/aromatic N) is 1. The third-order valence-corrected chi connectivity index (χ3v) is 5.94. The molecule has 29 heavy (non-hydrogen) atoms. The molecule has 0 saturated carbocycles. The first kappa shape index (κ1) is 28.8. The van der Waals surface area contributed by atoms with Crippen LogP contribution in [-0.2, 0) is 13.6 Å².